The van der Waals surface area contributed by atoms with E-state index in [1.54, 1.807) is 11.3 Å². The summed E-state index contributed by atoms with van der Waals surface area (Å²) >= 11 is 1.79. The predicted molar refractivity (Wildman–Crippen MR) is 79.4 cm³/mol. The second-order valence-corrected chi connectivity index (χ2v) is 5.68. The second-order valence-electron chi connectivity index (χ2n) is 4.65. The van der Waals surface area contributed by atoms with E-state index in [1.165, 1.54) is 22.5 Å². The third-order valence-corrected chi connectivity index (χ3v) is 4.53. The highest BCUT2D eigenvalue weighted by Crippen LogP contribution is 2.27. The Labute approximate surface area is 115 Å². The Hall–Kier alpha value is -1.88. The Morgan fingerprint density at radius 3 is 2.89 bits per heavy atom. The number of nitrogens with zero attached hydrogens (tertiary/aromatic N) is 3. The lowest BCUT2D eigenvalue weighted by Gasteiger charge is -2.06. The van der Waals surface area contributed by atoms with E-state index in [9.17, 15) is 0 Å². The summed E-state index contributed by atoms with van der Waals surface area (Å²) in [7, 11) is 0. The number of nitrogen functional groups attached to an aromatic ring is 1. The van der Waals surface area contributed by atoms with Gasteiger partial charge in [0.15, 0.2) is 0 Å². The number of anilines is 1. The Balaban J connectivity index is 2.03. The third kappa shape index (κ3) is 2.00. The summed E-state index contributed by atoms with van der Waals surface area (Å²) in [6.07, 6.45) is 2.56. The van der Waals surface area contributed by atoms with Crippen LogP contribution in [0, 0.1) is 13.8 Å². The molecule has 3 heterocycles. The van der Waals surface area contributed by atoms with Crippen LogP contribution in [0.25, 0.3) is 11.0 Å². The van der Waals surface area contributed by atoms with Gasteiger partial charge in [-0.05, 0) is 37.3 Å². The molecule has 2 N–H and O–H groups in total. The Morgan fingerprint density at radius 1 is 1.32 bits per heavy atom. The Morgan fingerprint density at radius 2 is 2.16 bits per heavy atom. The number of nitrogens with two attached hydrogens (primary N) is 1. The zero-order chi connectivity index (χ0) is 13.4. The van der Waals surface area contributed by atoms with Crippen molar-refractivity contribution in [3.05, 3.63) is 40.0 Å². The van der Waals surface area contributed by atoms with Gasteiger partial charge in [0.05, 0.1) is 5.39 Å². The SMILES string of the molecule is Cc1c(C)n(CCc2cccs2)c2ncnc(N)c12. The fraction of sp³-hybridized carbons (Fsp3) is 0.286. The minimum atomic E-state index is 0.570. The first-order valence-electron chi connectivity index (χ1n) is 6.26. The summed E-state index contributed by atoms with van der Waals surface area (Å²) in [6, 6.07) is 4.26. The van der Waals surface area contributed by atoms with Crippen LogP contribution in [0.5, 0.6) is 0 Å². The van der Waals surface area contributed by atoms with E-state index >= 15 is 0 Å². The van der Waals surface area contributed by atoms with Gasteiger partial charge in [0.1, 0.15) is 17.8 Å². The van der Waals surface area contributed by atoms with Crippen LogP contribution in [-0.4, -0.2) is 14.5 Å². The van der Waals surface area contributed by atoms with Crippen molar-refractivity contribution in [1.29, 1.82) is 0 Å². The van der Waals surface area contributed by atoms with Crippen LogP contribution < -0.4 is 5.73 Å². The van der Waals surface area contributed by atoms with E-state index in [0.29, 0.717) is 5.82 Å². The number of aromatic nitrogens is 3. The summed E-state index contributed by atoms with van der Waals surface area (Å²) in [5, 5.41) is 3.10. The van der Waals surface area contributed by atoms with Gasteiger partial charge in [0.25, 0.3) is 0 Å². The van der Waals surface area contributed by atoms with Gasteiger partial charge in [-0.15, -0.1) is 11.3 Å². The van der Waals surface area contributed by atoms with Gasteiger partial charge in [-0.25, -0.2) is 9.97 Å². The first kappa shape index (κ1) is 12.2. The molecule has 0 aliphatic heterocycles. The van der Waals surface area contributed by atoms with Gasteiger partial charge < -0.3 is 10.3 Å². The summed E-state index contributed by atoms with van der Waals surface area (Å²) in [4.78, 5) is 9.88. The Bertz CT molecular complexity index is 713. The van der Waals surface area contributed by atoms with E-state index in [2.05, 4.69) is 45.9 Å². The van der Waals surface area contributed by atoms with Crippen LogP contribution in [0.1, 0.15) is 16.1 Å². The van der Waals surface area contributed by atoms with Gasteiger partial charge in [-0.2, -0.15) is 0 Å². The van der Waals surface area contributed by atoms with Crippen LogP contribution in [0.2, 0.25) is 0 Å². The van der Waals surface area contributed by atoms with Crippen LogP contribution >= 0.6 is 11.3 Å². The highest BCUT2D eigenvalue weighted by molar-refractivity contribution is 7.09. The average Bonchev–Trinajstić information content (AvgIpc) is 2.98. The maximum absolute atomic E-state index is 5.97. The van der Waals surface area contributed by atoms with Gasteiger partial charge in [0, 0.05) is 17.1 Å². The monoisotopic (exact) mass is 272 g/mol. The molecular weight excluding hydrogens is 256 g/mol. The lowest BCUT2D eigenvalue weighted by atomic mass is 10.2. The number of fused-ring (bicyclic) bond motifs is 1. The summed E-state index contributed by atoms with van der Waals surface area (Å²) in [6.45, 7) is 5.12. The minimum Gasteiger partial charge on any atom is -0.383 e. The van der Waals surface area contributed by atoms with E-state index in [-0.39, 0.29) is 0 Å². The number of hydrogen-bond acceptors (Lipinski definition) is 4. The van der Waals surface area contributed by atoms with Gasteiger partial charge in [-0.3, -0.25) is 0 Å². The highest BCUT2D eigenvalue weighted by atomic mass is 32.1. The molecule has 0 amide bonds. The first-order valence-corrected chi connectivity index (χ1v) is 7.14. The molecule has 5 heteroatoms. The molecule has 0 fully saturated rings. The highest BCUT2D eigenvalue weighted by Gasteiger charge is 2.14. The van der Waals surface area contributed by atoms with E-state index in [1.807, 2.05) is 0 Å². The Kier molecular flexibility index (Phi) is 2.98. The standard InChI is InChI=1S/C14H16N4S/c1-9-10(2)18(6-5-11-4-3-7-19-11)14-12(9)13(15)16-8-17-14/h3-4,7-8H,5-6H2,1-2H3,(H2,15,16,17). The molecule has 0 unspecified atom stereocenters. The molecule has 0 bridgehead atoms. The largest absolute Gasteiger partial charge is 0.383 e. The maximum atomic E-state index is 5.97. The molecule has 98 valence electrons. The number of rotatable bonds is 3. The van der Waals surface area contributed by atoms with Crippen molar-refractivity contribution in [2.45, 2.75) is 26.8 Å². The van der Waals surface area contributed by atoms with Crippen molar-refractivity contribution in [3.63, 3.8) is 0 Å². The van der Waals surface area contributed by atoms with Crippen molar-refractivity contribution < 1.29 is 0 Å². The lowest BCUT2D eigenvalue weighted by molar-refractivity contribution is 0.700. The first-order chi connectivity index (χ1) is 9.18. The summed E-state index contributed by atoms with van der Waals surface area (Å²) in [5.74, 6) is 0.570. The molecule has 0 spiro atoms. The van der Waals surface area contributed by atoms with Crippen LogP contribution in [0.3, 0.4) is 0 Å². The van der Waals surface area contributed by atoms with Gasteiger partial charge in [-0.1, -0.05) is 6.07 Å². The maximum Gasteiger partial charge on any atom is 0.145 e. The van der Waals surface area contributed by atoms with Crippen molar-refractivity contribution in [1.82, 2.24) is 14.5 Å². The molecule has 3 aromatic heterocycles. The summed E-state index contributed by atoms with van der Waals surface area (Å²) in [5.41, 5.74) is 9.31. The van der Waals surface area contributed by atoms with Crippen molar-refractivity contribution in [2.75, 3.05) is 5.73 Å². The van der Waals surface area contributed by atoms with Crippen LogP contribution in [0.4, 0.5) is 5.82 Å². The minimum absolute atomic E-state index is 0.570. The fourth-order valence-corrected chi connectivity index (χ4v) is 3.14. The fourth-order valence-electron chi connectivity index (χ4n) is 2.45. The van der Waals surface area contributed by atoms with E-state index in [0.717, 1.165) is 24.0 Å². The zero-order valence-electron chi connectivity index (χ0n) is 11.1. The molecule has 0 aliphatic carbocycles. The number of aryl methyl sites for hydroxylation is 3. The quantitative estimate of drug-likeness (QED) is 0.797. The zero-order valence-corrected chi connectivity index (χ0v) is 11.9. The van der Waals surface area contributed by atoms with Crippen molar-refractivity contribution in [2.24, 2.45) is 0 Å². The number of hydrogen-bond donors (Lipinski definition) is 1. The average molecular weight is 272 g/mol. The number of thiophene rings is 1. The molecule has 0 aliphatic rings. The molecule has 0 aromatic carbocycles. The molecule has 19 heavy (non-hydrogen) atoms. The van der Waals surface area contributed by atoms with Crippen LogP contribution in [0.15, 0.2) is 23.8 Å². The molecule has 3 rings (SSSR count). The topological polar surface area (TPSA) is 56.7 Å². The van der Waals surface area contributed by atoms with Gasteiger partial charge >= 0.3 is 0 Å². The van der Waals surface area contributed by atoms with Crippen LogP contribution in [-0.2, 0) is 13.0 Å². The van der Waals surface area contributed by atoms with Crippen molar-refractivity contribution >= 4 is 28.2 Å². The predicted octanol–water partition coefficient (Wildman–Crippen LogP) is 2.93. The molecule has 3 aromatic rings. The molecule has 0 saturated carbocycles. The van der Waals surface area contributed by atoms with Crippen molar-refractivity contribution in [3.8, 4) is 0 Å². The molecule has 4 nitrogen and oxygen atoms in total. The smallest absolute Gasteiger partial charge is 0.145 e. The third-order valence-electron chi connectivity index (χ3n) is 3.60. The van der Waals surface area contributed by atoms with Gasteiger partial charge in [0.2, 0.25) is 0 Å². The molecule has 0 atom stereocenters. The van der Waals surface area contributed by atoms with E-state index < -0.39 is 0 Å². The molecular formula is C14H16N4S. The van der Waals surface area contributed by atoms with E-state index in [4.69, 9.17) is 5.73 Å². The lowest BCUT2D eigenvalue weighted by Crippen LogP contribution is -2.04. The summed E-state index contributed by atoms with van der Waals surface area (Å²) < 4.78 is 2.24. The normalized spacial score (nSPS) is 11.3. The molecule has 0 saturated heterocycles. The second kappa shape index (κ2) is 4.66. The molecule has 0 radical (unpaired) electrons.